The number of aryl methyl sites for hydroxylation is 1. The zero-order chi connectivity index (χ0) is 19.6. The number of amides is 2. The number of carbonyl (C=O) groups excluding carboxylic acids is 1. The van der Waals surface area contributed by atoms with E-state index in [0.717, 1.165) is 42.9 Å². The van der Waals surface area contributed by atoms with Crippen LogP contribution < -0.4 is 10.1 Å². The molecule has 1 spiro atoms. The average Bonchev–Trinajstić information content (AvgIpc) is 2.67. The lowest BCUT2D eigenvalue weighted by molar-refractivity contribution is -0.0368. The fourth-order valence-corrected chi connectivity index (χ4v) is 5.13. The number of nitrogens with one attached hydrogen (secondary N) is 1. The van der Waals surface area contributed by atoms with Gasteiger partial charge in [-0.25, -0.2) is 4.79 Å². The Balaban J connectivity index is 1.39. The highest BCUT2D eigenvalue weighted by Crippen LogP contribution is 2.44. The molecule has 1 heterocycles. The number of urea groups is 1. The van der Waals surface area contributed by atoms with Gasteiger partial charge in [-0.2, -0.15) is 0 Å². The Kier molecular flexibility index (Phi) is 5.81. The molecule has 0 bridgehead atoms. The third kappa shape index (κ3) is 4.14. The molecule has 1 unspecified atom stereocenters. The molecular weight excluding hydrogens is 352 g/mol. The van der Waals surface area contributed by atoms with Gasteiger partial charge in [0.25, 0.3) is 0 Å². The van der Waals surface area contributed by atoms with Gasteiger partial charge in [0.15, 0.2) is 0 Å². The Hall–Kier alpha value is -1.75. The molecule has 2 saturated carbocycles. The molecule has 1 saturated heterocycles. The molecule has 5 heteroatoms. The molecule has 0 aromatic heterocycles. The summed E-state index contributed by atoms with van der Waals surface area (Å²) in [5, 5.41) is 13.1. The lowest BCUT2D eigenvalue weighted by Crippen LogP contribution is -2.62. The van der Waals surface area contributed by atoms with E-state index < -0.39 is 0 Å². The smallest absolute Gasteiger partial charge is 0.322 e. The molecule has 5 nitrogen and oxygen atoms in total. The van der Waals surface area contributed by atoms with Crippen molar-refractivity contribution in [1.29, 1.82) is 0 Å². The Morgan fingerprint density at radius 2 is 2.00 bits per heavy atom. The molecular formula is C23H34N2O3. The second-order valence-electron chi connectivity index (χ2n) is 9.10. The fourth-order valence-electron chi connectivity index (χ4n) is 5.13. The summed E-state index contributed by atoms with van der Waals surface area (Å²) in [4.78, 5) is 14.9. The van der Waals surface area contributed by atoms with Gasteiger partial charge in [-0.3, -0.25) is 0 Å². The minimum absolute atomic E-state index is 0.0475. The predicted octanol–water partition coefficient (Wildman–Crippen LogP) is 4.87. The first kappa shape index (κ1) is 19.6. The Morgan fingerprint density at radius 1 is 1.21 bits per heavy atom. The summed E-state index contributed by atoms with van der Waals surface area (Å²) in [6.45, 7) is 3.45. The van der Waals surface area contributed by atoms with E-state index in [1.54, 1.807) is 0 Å². The van der Waals surface area contributed by atoms with Crippen molar-refractivity contribution in [2.24, 2.45) is 5.92 Å². The first-order valence-electron chi connectivity index (χ1n) is 11.1. The Labute approximate surface area is 168 Å². The van der Waals surface area contributed by atoms with Crippen LogP contribution in [0.1, 0.15) is 69.8 Å². The number of carbonyl (C=O) groups is 1. The summed E-state index contributed by atoms with van der Waals surface area (Å²) in [6.07, 6.45) is 10.8. The highest BCUT2D eigenvalue weighted by molar-refractivity contribution is 5.90. The maximum atomic E-state index is 13.0. The van der Waals surface area contributed by atoms with Gasteiger partial charge in [0.2, 0.25) is 0 Å². The number of likely N-dealkylation sites (tertiary alicyclic amines) is 1. The van der Waals surface area contributed by atoms with Crippen LogP contribution in [-0.2, 0) is 0 Å². The Bertz CT molecular complexity index is 695. The minimum Gasteiger partial charge on any atom is -0.493 e. The van der Waals surface area contributed by atoms with E-state index in [1.807, 2.05) is 23.1 Å². The number of rotatable bonds is 4. The molecule has 3 aliphatic rings. The first-order valence-corrected chi connectivity index (χ1v) is 11.1. The summed E-state index contributed by atoms with van der Waals surface area (Å²) >= 11 is 0. The van der Waals surface area contributed by atoms with E-state index in [4.69, 9.17) is 4.74 Å². The quantitative estimate of drug-likeness (QED) is 0.776. The molecule has 28 heavy (non-hydrogen) atoms. The number of benzene rings is 1. The van der Waals surface area contributed by atoms with E-state index in [0.29, 0.717) is 25.3 Å². The van der Waals surface area contributed by atoms with Crippen LogP contribution in [-0.4, -0.2) is 40.8 Å². The molecule has 154 valence electrons. The zero-order valence-electron chi connectivity index (χ0n) is 17.1. The normalized spacial score (nSPS) is 24.6. The van der Waals surface area contributed by atoms with Crippen LogP contribution in [0.3, 0.4) is 0 Å². The summed E-state index contributed by atoms with van der Waals surface area (Å²) < 4.78 is 6.13. The maximum absolute atomic E-state index is 13.0. The van der Waals surface area contributed by atoms with Crippen LogP contribution >= 0.6 is 0 Å². The summed E-state index contributed by atoms with van der Waals surface area (Å²) in [5.41, 5.74) is 1.76. The number of nitrogens with zero attached hydrogens (tertiary/aromatic N) is 1. The monoisotopic (exact) mass is 386 g/mol. The first-order chi connectivity index (χ1) is 13.6. The number of hydrogen-bond donors (Lipinski definition) is 2. The van der Waals surface area contributed by atoms with Crippen LogP contribution in [0.2, 0.25) is 0 Å². The second kappa shape index (κ2) is 8.32. The van der Waals surface area contributed by atoms with Crippen molar-refractivity contribution >= 4 is 11.7 Å². The van der Waals surface area contributed by atoms with Gasteiger partial charge in [0, 0.05) is 23.8 Å². The zero-order valence-corrected chi connectivity index (χ0v) is 17.1. The number of aliphatic hydroxyl groups is 1. The van der Waals surface area contributed by atoms with Crippen molar-refractivity contribution in [1.82, 2.24) is 4.90 Å². The van der Waals surface area contributed by atoms with E-state index in [2.05, 4.69) is 12.2 Å². The van der Waals surface area contributed by atoms with Crippen LogP contribution in [0.15, 0.2) is 18.2 Å². The van der Waals surface area contributed by atoms with Crippen molar-refractivity contribution in [3.05, 3.63) is 23.8 Å². The van der Waals surface area contributed by atoms with Gasteiger partial charge < -0.3 is 20.1 Å². The molecule has 1 aromatic rings. The van der Waals surface area contributed by atoms with Crippen molar-refractivity contribution < 1.29 is 14.6 Å². The maximum Gasteiger partial charge on any atom is 0.322 e. The van der Waals surface area contributed by atoms with Gasteiger partial charge >= 0.3 is 6.03 Å². The third-order valence-electron chi connectivity index (χ3n) is 7.04. The summed E-state index contributed by atoms with van der Waals surface area (Å²) in [7, 11) is 0. The summed E-state index contributed by atoms with van der Waals surface area (Å²) in [6, 6.07) is 5.88. The van der Waals surface area contributed by atoms with E-state index in [1.165, 1.54) is 32.1 Å². The molecule has 1 aliphatic heterocycles. The minimum atomic E-state index is -0.275. The van der Waals surface area contributed by atoms with Gasteiger partial charge in [0.1, 0.15) is 5.75 Å². The molecule has 1 aromatic carbocycles. The van der Waals surface area contributed by atoms with Crippen LogP contribution in [0.4, 0.5) is 10.5 Å². The van der Waals surface area contributed by atoms with Crippen molar-refractivity contribution in [3.8, 4) is 5.75 Å². The molecule has 1 atom stereocenters. The summed E-state index contributed by atoms with van der Waals surface area (Å²) in [5.74, 6) is 1.53. The van der Waals surface area contributed by atoms with E-state index in [9.17, 15) is 9.90 Å². The predicted molar refractivity (Wildman–Crippen MR) is 111 cm³/mol. The molecule has 2 aliphatic carbocycles. The lowest BCUT2D eigenvalue weighted by Gasteiger charge is -2.54. The topological polar surface area (TPSA) is 61.8 Å². The number of hydrogen-bond acceptors (Lipinski definition) is 3. The van der Waals surface area contributed by atoms with E-state index >= 15 is 0 Å². The third-order valence-corrected chi connectivity index (χ3v) is 7.04. The van der Waals surface area contributed by atoms with Crippen molar-refractivity contribution in [2.75, 3.05) is 18.5 Å². The highest BCUT2D eigenvalue weighted by Gasteiger charge is 2.48. The van der Waals surface area contributed by atoms with E-state index in [-0.39, 0.29) is 17.7 Å². The average molecular weight is 387 g/mol. The van der Waals surface area contributed by atoms with Gasteiger partial charge in [-0.1, -0.05) is 25.3 Å². The molecule has 2 N–H and O–H groups in total. The van der Waals surface area contributed by atoms with Crippen LogP contribution in [0.5, 0.6) is 5.75 Å². The van der Waals surface area contributed by atoms with Crippen LogP contribution in [0.25, 0.3) is 0 Å². The van der Waals surface area contributed by atoms with Crippen molar-refractivity contribution in [2.45, 2.75) is 82.8 Å². The SMILES string of the molecule is Cc1ccc(NC(=O)N2CCC(O)CC23CCC3)cc1OCC1CCCCC1. The number of piperidine rings is 1. The van der Waals surface area contributed by atoms with Gasteiger partial charge in [-0.15, -0.1) is 0 Å². The van der Waals surface area contributed by atoms with Crippen molar-refractivity contribution in [3.63, 3.8) is 0 Å². The molecule has 0 radical (unpaired) electrons. The number of anilines is 1. The fraction of sp³-hybridized carbons (Fsp3) is 0.696. The lowest BCUT2D eigenvalue weighted by atomic mass is 9.69. The number of aliphatic hydroxyl groups excluding tert-OH is 1. The number of ether oxygens (including phenoxy) is 1. The highest BCUT2D eigenvalue weighted by atomic mass is 16.5. The Morgan fingerprint density at radius 3 is 2.71 bits per heavy atom. The molecule has 2 amide bonds. The largest absolute Gasteiger partial charge is 0.493 e. The standard InChI is InChI=1S/C23H34N2O3/c1-17-8-9-19(14-21(17)28-16-18-6-3-2-4-7-18)24-22(27)25-13-10-20(26)15-23(25)11-5-12-23/h8-9,14,18,20,26H,2-7,10-13,15-16H2,1H3,(H,24,27). The van der Waals surface area contributed by atoms with Gasteiger partial charge in [0.05, 0.1) is 12.7 Å². The van der Waals surface area contributed by atoms with Gasteiger partial charge in [-0.05, 0) is 69.4 Å². The molecule has 4 rings (SSSR count). The molecule has 3 fully saturated rings. The van der Waals surface area contributed by atoms with Crippen LogP contribution in [0, 0.1) is 12.8 Å². The second-order valence-corrected chi connectivity index (χ2v) is 9.10.